The van der Waals surface area contributed by atoms with Gasteiger partial charge in [-0.15, -0.1) is 11.6 Å². The standard InChI is InChI=1S/C23H26Cl3N3O4S/c1-23(2,17-10-19(25)22(20(26)11-17)33-8-7-24)16-5-6-21(15(9-16)12-27)29(3)14-18(30)13-28-34(4,31)32/h5-6,9-11,28H,7-8,13-14H2,1-4H3. The number of rotatable bonds is 11. The summed E-state index contributed by atoms with van der Waals surface area (Å²) in [7, 11) is -1.80. The lowest BCUT2D eigenvalue weighted by Gasteiger charge is -2.29. The molecule has 0 saturated carbocycles. The third-order valence-corrected chi connectivity index (χ3v) is 6.62. The van der Waals surface area contributed by atoms with Gasteiger partial charge in [0.25, 0.3) is 0 Å². The number of benzene rings is 2. The van der Waals surface area contributed by atoms with Crippen LogP contribution in [0.5, 0.6) is 5.75 Å². The molecule has 0 atom stereocenters. The number of hydrogen-bond acceptors (Lipinski definition) is 6. The van der Waals surface area contributed by atoms with Crippen molar-refractivity contribution in [3.05, 3.63) is 57.1 Å². The van der Waals surface area contributed by atoms with E-state index in [0.29, 0.717) is 32.9 Å². The molecular weight excluding hydrogens is 521 g/mol. The second-order valence-corrected chi connectivity index (χ2v) is 11.3. The average molecular weight is 547 g/mol. The zero-order valence-corrected chi connectivity index (χ0v) is 22.4. The highest BCUT2D eigenvalue weighted by Crippen LogP contribution is 2.41. The number of likely N-dealkylation sites (N-methyl/N-ethyl adjacent to an activating group) is 1. The highest BCUT2D eigenvalue weighted by molar-refractivity contribution is 7.88. The number of nitriles is 1. The van der Waals surface area contributed by atoms with Crippen molar-refractivity contribution in [1.82, 2.24) is 4.72 Å². The topological polar surface area (TPSA) is 99.5 Å². The molecule has 0 radical (unpaired) electrons. The lowest BCUT2D eigenvalue weighted by Crippen LogP contribution is -2.35. The molecule has 34 heavy (non-hydrogen) atoms. The molecule has 0 heterocycles. The Bertz CT molecular complexity index is 1190. The Kier molecular flexibility index (Phi) is 9.63. The normalized spacial score (nSPS) is 11.7. The summed E-state index contributed by atoms with van der Waals surface area (Å²) in [6, 6.07) is 11.1. The highest BCUT2D eigenvalue weighted by Gasteiger charge is 2.27. The molecule has 2 aromatic rings. The number of nitrogens with one attached hydrogen (secondary N) is 1. The zero-order chi connectivity index (χ0) is 25.7. The van der Waals surface area contributed by atoms with E-state index in [1.165, 1.54) is 0 Å². The number of hydrogen-bond donors (Lipinski definition) is 1. The fraction of sp³-hybridized carbons (Fsp3) is 0.391. The number of alkyl halides is 1. The van der Waals surface area contributed by atoms with Gasteiger partial charge in [-0.3, -0.25) is 4.79 Å². The summed E-state index contributed by atoms with van der Waals surface area (Å²) in [5.74, 6) is 0.340. The van der Waals surface area contributed by atoms with E-state index >= 15 is 0 Å². The van der Waals surface area contributed by atoms with Gasteiger partial charge >= 0.3 is 0 Å². The van der Waals surface area contributed by atoms with E-state index in [-0.39, 0.29) is 25.5 Å². The first-order valence-corrected chi connectivity index (χ1v) is 13.4. The summed E-state index contributed by atoms with van der Waals surface area (Å²) >= 11 is 18.5. The maximum atomic E-state index is 12.1. The first kappa shape index (κ1) is 28.2. The first-order chi connectivity index (χ1) is 15.8. The number of anilines is 1. The molecule has 2 rings (SSSR count). The van der Waals surface area contributed by atoms with Gasteiger partial charge in [-0.2, -0.15) is 5.26 Å². The van der Waals surface area contributed by atoms with Crippen molar-refractivity contribution >= 4 is 56.3 Å². The van der Waals surface area contributed by atoms with E-state index in [2.05, 4.69) is 10.8 Å². The van der Waals surface area contributed by atoms with Crippen molar-refractivity contribution in [3.63, 3.8) is 0 Å². The first-order valence-electron chi connectivity index (χ1n) is 10.2. The van der Waals surface area contributed by atoms with Crippen LogP contribution in [0, 0.1) is 11.3 Å². The number of halogens is 3. The van der Waals surface area contributed by atoms with Gasteiger partial charge in [0.15, 0.2) is 11.5 Å². The lowest BCUT2D eigenvalue weighted by atomic mass is 9.77. The van der Waals surface area contributed by atoms with Gasteiger partial charge in [0.2, 0.25) is 10.0 Å². The molecular formula is C23H26Cl3N3O4S. The van der Waals surface area contributed by atoms with Gasteiger partial charge in [0.1, 0.15) is 12.7 Å². The van der Waals surface area contributed by atoms with Crippen LogP contribution in [-0.4, -0.2) is 53.1 Å². The Morgan fingerprint density at radius 3 is 2.32 bits per heavy atom. The lowest BCUT2D eigenvalue weighted by molar-refractivity contribution is -0.116. The minimum absolute atomic E-state index is 0.0606. The molecule has 0 bridgehead atoms. The number of Topliss-reactive ketones (excluding diaryl/α,β-unsaturated/α-hetero) is 1. The van der Waals surface area contributed by atoms with Gasteiger partial charge in [-0.25, -0.2) is 13.1 Å². The van der Waals surface area contributed by atoms with Crippen LogP contribution in [0.4, 0.5) is 5.69 Å². The van der Waals surface area contributed by atoms with Gasteiger partial charge in [0.05, 0.1) is 46.5 Å². The molecule has 7 nitrogen and oxygen atoms in total. The molecule has 0 aliphatic rings. The quantitative estimate of drug-likeness (QED) is 0.420. The smallest absolute Gasteiger partial charge is 0.209 e. The van der Waals surface area contributed by atoms with Crippen LogP contribution in [0.25, 0.3) is 0 Å². The molecule has 2 aromatic carbocycles. The maximum absolute atomic E-state index is 12.1. The zero-order valence-electron chi connectivity index (χ0n) is 19.3. The molecule has 0 saturated heterocycles. The van der Waals surface area contributed by atoms with Crippen molar-refractivity contribution in [3.8, 4) is 11.8 Å². The summed E-state index contributed by atoms with van der Waals surface area (Å²) in [6.07, 6.45) is 0.985. The van der Waals surface area contributed by atoms with E-state index in [0.717, 1.165) is 17.4 Å². The Hall–Kier alpha value is -2.02. The molecule has 0 amide bonds. The summed E-state index contributed by atoms with van der Waals surface area (Å²) in [5.41, 5.74) is 2.03. The van der Waals surface area contributed by atoms with Crippen molar-refractivity contribution in [2.45, 2.75) is 19.3 Å². The Morgan fingerprint density at radius 1 is 1.18 bits per heavy atom. The van der Waals surface area contributed by atoms with Crippen molar-refractivity contribution in [1.29, 1.82) is 5.26 Å². The van der Waals surface area contributed by atoms with Crippen LogP contribution in [0.2, 0.25) is 10.0 Å². The van der Waals surface area contributed by atoms with E-state index in [1.807, 2.05) is 19.9 Å². The number of nitrogens with zero attached hydrogens (tertiary/aromatic N) is 2. The second kappa shape index (κ2) is 11.6. The number of ketones is 1. The van der Waals surface area contributed by atoms with Crippen LogP contribution in [0.15, 0.2) is 30.3 Å². The molecule has 11 heteroatoms. The number of ether oxygens (including phenoxy) is 1. The molecule has 0 aromatic heterocycles. The van der Waals surface area contributed by atoms with E-state index in [1.54, 1.807) is 36.2 Å². The second-order valence-electron chi connectivity index (χ2n) is 8.26. The number of sulfonamides is 1. The molecule has 0 fully saturated rings. The van der Waals surface area contributed by atoms with Gasteiger partial charge < -0.3 is 9.64 Å². The Balaban J connectivity index is 2.32. The van der Waals surface area contributed by atoms with E-state index in [9.17, 15) is 18.5 Å². The van der Waals surface area contributed by atoms with Crippen LogP contribution in [0.3, 0.4) is 0 Å². The minimum atomic E-state index is -3.47. The average Bonchev–Trinajstić information content (AvgIpc) is 2.76. The van der Waals surface area contributed by atoms with Crippen molar-refractivity contribution in [2.75, 3.05) is 43.8 Å². The van der Waals surface area contributed by atoms with Gasteiger partial charge in [-0.1, -0.05) is 43.1 Å². The summed E-state index contributed by atoms with van der Waals surface area (Å²) < 4.78 is 30.1. The Morgan fingerprint density at radius 2 is 1.79 bits per heavy atom. The van der Waals surface area contributed by atoms with Crippen molar-refractivity contribution < 1.29 is 17.9 Å². The SMILES string of the molecule is CN(CC(=O)CNS(C)(=O)=O)c1ccc(C(C)(C)c2cc(Cl)c(OCCCl)c(Cl)c2)cc1C#N. The van der Waals surface area contributed by atoms with Gasteiger partial charge in [0, 0.05) is 12.5 Å². The van der Waals surface area contributed by atoms with Crippen LogP contribution in [-0.2, 0) is 20.2 Å². The van der Waals surface area contributed by atoms with E-state index in [4.69, 9.17) is 39.5 Å². The molecule has 1 N–H and O–H groups in total. The van der Waals surface area contributed by atoms with Crippen LogP contribution < -0.4 is 14.4 Å². The molecule has 0 spiro atoms. The fourth-order valence-electron chi connectivity index (χ4n) is 3.33. The summed E-state index contributed by atoms with van der Waals surface area (Å²) in [6.45, 7) is 3.86. The van der Waals surface area contributed by atoms with E-state index < -0.39 is 15.4 Å². The molecule has 0 unspecified atom stereocenters. The molecule has 0 aliphatic heterocycles. The molecule has 0 aliphatic carbocycles. The van der Waals surface area contributed by atoms with Crippen LogP contribution >= 0.6 is 34.8 Å². The monoisotopic (exact) mass is 545 g/mol. The largest absolute Gasteiger partial charge is 0.489 e. The third-order valence-electron chi connectivity index (χ3n) is 5.24. The highest BCUT2D eigenvalue weighted by atomic mass is 35.5. The predicted octanol–water partition coefficient (Wildman–Crippen LogP) is 4.36. The Labute approximate surface area is 215 Å². The minimum Gasteiger partial charge on any atom is -0.489 e. The molecule has 184 valence electrons. The summed E-state index contributed by atoms with van der Waals surface area (Å²) in [4.78, 5) is 13.8. The van der Waals surface area contributed by atoms with Crippen LogP contribution in [0.1, 0.15) is 30.5 Å². The predicted molar refractivity (Wildman–Crippen MR) is 137 cm³/mol. The summed E-state index contributed by atoms with van der Waals surface area (Å²) in [5, 5.41) is 10.5. The number of carbonyl (C=O) groups excluding carboxylic acids is 1. The third kappa shape index (κ3) is 7.24. The maximum Gasteiger partial charge on any atom is 0.209 e. The number of carbonyl (C=O) groups is 1. The fourth-order valence-corrected chi connectivity index (χ4v) is 4.43. The van der Waals surface area contributed by atoms with Crippen molar-refractivity contribution in [2.24, 2.45) is 0 Å². The van der Waals surface area contributed by atoms with Gasteiger partial charge in [-0.05, 0) is 35.4 Å².